The van der Waals surface area contributed by atoms with Gasteiger partial charge in [0.2, 0.25) is 0 Å². The molecule has 1 saturated carbocycles. The molecule has 1 heterocycles. The Morgan fingerprint density at radius 3 is 3.11 bits per heavy atom. The normalized spacial score (nSPS) is 22.6. The molecule has 1 N–H and O–H groups in total. The molecule has 100 valence electrons. The lowest BCUT2D eigenvalue weighted by Crippen LogP contribution is -2.23. The first-order valence-corrected chi connectivity index (χ1v) is 6.97. The van der Waals surface area contributed by atoms with E-state index in [0.29, 0.717) is 6.04 Å². The Hall–Kier alpha value is -1.91. The molecule has 2 unspecified atom stereocenters. The molecule has 0 amide bonds. The second-order valence-corrected chi connectivity index (χ2v) is 5.15. The van der Waals surface area contributed by atoms with Crippen LogP contribution in [-0.2, 0) is 0 Å². The number of nitrogens with zero attached hydrogens (tertiary/aromatic N) is 4. The summed E-state index contributed by atoms with van der Waals surface area (Å²) in [6, 6.07) is 8.86. The van der Waals surface area contributed by atoms with Gasteiger partial charge in [-0.05, 0) is 47.4 Å². The predicted octanol–water partition coefficient (Wildman–Crippen LogP) is 2.65. The van der Waals surface area contributed by atoms with E-state index < -0.39 is 0 Å². The molecule has 5 heteroatoms. The van der Waals surface area contributed by atoms with Crippen molar-refractivity contribution in [2.45, 2.75) is 38.6 Å². The van der Waals surface area contributed by atoms with E-state index in [1.807, 2.05) is 12.1 Å². The number of rotatable bonds is 4. The molecule has 2 aromatic rings. The number of benzene rings is 1. The van der Waals surface area contributed by atoms with Gasteiger partial charge in [-0.25, -0.2) is 4.68 Å². The Kier molecular flexibility index (Phi) is 3.44. The van der Waals surface area contributed by atoms with E-state index in [-0.39, 0.29) is 0 Å². The Balaban J connectivity index is 1.76. The fourth-order valence-corrected chi connectivity index (χ4v) is 2.95. The summed E-state index contributed by atoms with van der Waals surface area (Å²) in [4.78, 5) is 0. The van der Waals surface area contributed by atoms with Crippen LogP contribution in [0.3, 0.4) is 0 Å². The van der Waals surface area contributed by atoms with Crippen molar-refractivity contribution < 1.29 is 0 Å². The number of tetrazole rings is 1. The van der Waals surface area contributed by atoms with E-state index in [1.165, 1.54) is 25.7 Å². The smallest absolute Gasteiger partial charge is 0.143 e. The molecular weight excluding hydrogens is 238 g/mol. The summed E-state index contributed by atoms with van der Waals surface area (Å²) in [6.45, 7) is 2.28. The van der Waals surface area contributed by atoms with Crippen molar-refractivity contribution >= 4 is 5.69 Å². The predicted molar refractivity (Wildman–Crippen MR) is 74.2 cm³/mol. The highest BCUT2D eigenvalue weighted by Crippen LogP contribution is 2.31. The average Bonchev–Trinajstić information content (AvgIpc) is 3.10. The maximum absolute atomic E-state index is 3.92. The van der Waals surface area contributed by atoms with E-state index in [1.54, 1.807) is 11.0 Å². The van der Waals surface area contributed by atoms with E-state index in [2.05, 4.69) is 39.9 Å². The van der Waals surface area contributed by atoms with Gasteiger partial charge in [0.25, 0.3) is 0 Å². The zero-order valence-electron chi connectivity index (χ0n) is 11.2. The number of anilines is 1. The third kappa shape index (κ3) is 2.59. The molecule has 1 fully saturated rings. The van der Waals surface area contributed by atoms with Crippen LogP contribution < -0.4 is 5.32 Å². The molecule has 0 radical (unpaired) electrons. The van der Waals surface area contributed by atoms with Gasteiger partial charge >= 0.3 is 0 Å². The maximum atomic E-state index is 3.92. The summed E-state index contributed by atoms with van der Waals surface area (Å²) in [5.74, 6) is 0.802. The van der Waals surface area contributed by atoms with Crippen LogP contribution in [0.1, 0.15) is 32.6 Å². The van der Waals surface area contributed by atoms with Gasteiger partial charge in [0, 0.05) is 11.7 Å². The molecule has 2 atom stereocenters. The molecule has 0 saturated heterocycles. The minimum Gasteiger partial charge on any atom is -0.382 e. The lowest BCUT2D eigenvalue weighted by Gasteiger charge is -2.21. The third-order valence-electron chi connectivity index (χ3n) is 4.00. The summed E-state index contributed by atoms with van der Waals surface area (Å²) in [7, 11) is 0. The monoisotopic (exact) mass is 257 g/mol. The molecule has 19 heavy (non-hydrogen) atoms. The first kappa shape index (κ1) is 12.1. The quantitative estimate of drug-likeness (QED) is 0.915. The SMILES string of the molecule is CCC1CCCC1Nc1cccc(-n2cnnn2)c1. The van der Waals surface area contributed by atoms with E-state index >= 15 is 0 Å². The van der Waals surface area contributed by atoms with Crippen molar-refractivity contribution in [3.8, 4) is 5.69 Å². The summed E-state index contributed by atoms with van der Waals surface area (Å²) in [5, 5.41) is 14.9. The van der Waals surface area contributed by atoms with Crippen molar-refractivity contribution in [3.63, 3.8) is 0 Å². The van der Waals surface area contributed by atoms with Gasteiger partial charge in [0.15, 0.2) is 0 Å². The van der Waals surface area contributed by atoms with Crippen molar-refractivity contribution in [2.24, 2.45) is 5.92 Å². The van der Waals surface area contributed by atoms with E-state index in [0.717, 1.165) is 17.3 Å². The molecule has 3 rings (SSSR count). The van der Waals surface area contributed by atoms with Crippen molar-refractivity contribution in [1.29, 1.82) is 0 Å². The van der Waals surface area contributed by atoms with Gasteiger partial charge in [-0.1, -0.05) is 25.8 Å². The first-order chi connectivity index (χ1) is 9.36. The molecule has 0 bridgehead atoms. The summed E-state index contributed by atoms with van der Waals surface area (Å²) < 4.78 is 1.68. The summed E-state index contributed by atoms with van der Waals surface area (Å²) >= 11 is 0. The molecule has 1 aliphatic rings. The van der Waals surface area contributed by atoms with Crippen LogP contribution in [-0.4, -0.2) is 26.2 Å². The third-order valence-corrected chi connectivity index (χ3v) is 4.00. The van der Waals surface area contributed by atoms with Gasteiger partial charge < -0.3 is 5.32 Å². The minimum absolute atomic E-state index is 0.606. The fourth-order valence-electron chi connectivity index (χ4n) is 2.95. The highest BCUT2D eigenvalue weighted by molar-refractivity contribution is 5.51. The summed E-state index contributed by atoms with van der Waals surface area (Å²) in [6.07, 6.45) is 6.82. The first-order valence-electron chi connectivity index (χ1n) is 6.97. The zero-order chi connectivity index (χ0) is 13.1. The van der Waals surface area contributed by atoms with Gasteiger partial charge in [0.05, 0.1) is 5.69 Å². The Labute approximate surface area is 113 Å². The van der Waals surface area contributed by atoms with Crippen LogP contribution in [0.25, 0.3) is 5.69 Å². The van der Waals surface area contributed by atoms with Crippen LogP contribution in [0.2, 0.25) is 0 Å². The van der Waals surface area contributed by atoms with E-state index in [9.17, 15) is 0 Å². The molecule has 5 nitrogen and oxygen atoms in total. The second kappa shape index (κ2) is 5.38. The molecule has 1 aromatic carbocycles. The maximum Gasteiger partial charge on any atom is 0.143 e. The van der Waals surface area contributed by atoms with Crippen LogP contribution >= 0.6 is 0 Å². The number of nitrogens with one attached hydrogen (secondary N) is 1. The fraction of sp³-hybridized carbons (Fsp3) is 0.500. The standard InChI is InChI=1S/C14H19N5/c1-2-11-5-3-8-14(11)16-12-6-4-7-13(9-12)19-10-15-17-18-19/h4,6-7,9-11,14,16H,2-3,5,8H2,1H3. The Morgan fingerprint density at radius 2 is 2.32 bits per heavy atom. The van der Waals surface area contributed by atoms with Crippen molar-refractivity contribution in [1.82, 2.24) is 20.2 Å². The van der Waals surface area contributed by atoms with E-state index in [4.69, 9.17) is 0 Å². The van der Waals surface area contributed by atoms with Crippen LogP contribution in [0, 0.1) is 5.92 Å². The van der Waals surface area contributed by atoms with Gasteiger partial charge in [-0.2, -0.15) is 0 Å². The molecule has 0 spiro atoms. The second-order valence-electron chi connectivity index (χ2n) is 5.15. The number of aromatic nitrogens is 4. The number of hydrogen-bond donors (Lipinski definition) is 1. The number of hydrogen-bond acceptors (Lipinski definition) is 4. The topological polar surface area (TPSA) is 55.6 Å². The molecule has 1 aromatic heterocycles. The van der Waals surface area contributed by atoms with Gasteiger partial charge in [0.1, 0.15) is 6.33 Å². The summed E-state index contributed by atoms with van der Waals surface area (Å²) in [5.41, 5.74) is 2.14. The highest BCUT2D eigenvalue weighted by Gasteiger charge is 2.25. The molecule has 0 aliphatic heterocycles. The average molecular weight is 257 g/mol. The minimum atomic E-state index is 0.606. The van der Waals surface area contributed by atoms with Crippen molar-refractivity contribution in [2.75, 3.05) is 5.32 Å². The lowest BCUT2D eigenvalue weighted by molar-refractivity contribution is 0.489. The lowest BCUT2D eigenvalue weighted by atomic mass is 10.0. The zero-order valence-corrected chi connectivity index (χ0v) is 11.2. The highest BCUT2D eigenvalue weighted by atomic mass is 15.5. The van der Waals surface area contributed by atoms with Crippen LogP contribution in [0.5, 0.6) is 0 Å². The van der Waals surface area contributed by atoms with Crippen molar-refractivity contribution in [3.05, 3.63) is 30.6 Å². The molecule has 1 aliphatic carbocycles. The Morgan fingerprint density at radius 1 is 1.37 bits per heavy atom. The van der Waals surface area contributed by atoms with Gasteiger partial charge in [-0.15, -0.1) is 5.10 Å². The van der Waals surface area contributed by atoms with Crippen LogP contribution in [0.15, 0.2) is 30.6 Å². The Bertz CT molecular complexity index is 522. The largest absolute Gasteiger partial charge is 0.382 e. The van der Waals surface area contributed by atoms with Gasteiger partial charge in [-0.3, -0.25) is 0 Å². The van der Waals surface area contributed by atoms with Crippen LogP contribution in [0.4, 0.5) is 5.69 Å². The molecular formula is C14H19N5.